The van der Waals surface area contributed by atoms with Gasteiger partial charge in [-0.2, -0.15) is 14.6 Å². The predicted molar refractivity (Wildman–Crippen MR) is 326 cm³/mol. The van der Waals surface area contributed by atoms with Gasteiger partial charge in [0, 0.05) is 46.5 Å². The van der Waals surface area contributed by atoms with E-state index in [2.05, 4.69) is 294 Å². The van der Waals surface area contributed by atoms with E-state index in [0.717, 1.165) is 16.8 Å². The maximum atomic E-state index is 9.09. The molecule has 81 heavy (non-hydrogen) atoms. The Bertz CT molecular complexity index is 3950. The zero-order chi connectivity index (χ0) is 58.8. The summed E-state index contributed by atoms with van der Waals surface area (Å²) in [5.74, 6) is 0. The summed E-state index contributed by atoms with van der Waals surface area (Å²) >= 11 is 0. The smallest absolute Gasteiger partial charge is 0.192 e. The highest BCUT2D eigenvalue weighted by molar-refractivity contribution is 5.61. The maximum absolute atomic E-state index is 9.09. The van der Waals surface area contributed by atoms with Gasteiger partial charge in [-0.15, -0.1) is 28.1 Å². The van der Waals surface area contributed by atoms with Crippen LogP contribution in [0, 0.1) is 101 Å². The molecule has 0 radical (unpaired) electrons. The first kappa shape index (κ1) is 59.5. The quantitative estimate of drug-likeness (QED) is 0.153. The topological polar surface area (TPSA) is 67.8 Å². The van der Waals surface area contributed by atoms with Gasteiger partial charge < -0.3 is 0 Å². The molecule has 414 valence electrons. The van der Waals surface area contributed by atoms with Crippen molar-refractivity contribution in [2.45, 2.75) is 90.0 Å². The number of hydrogen-bond donors (Lipinski definition) is 0. The first-order valence-electron chi connectivity index (χ1n) is 27.7. The van der Waals surface area contributed by atoms with Gasteiger partial charge in [-0.3, -0.25) is 0 Å². The summed E-state index contributed by atoms with van der Waals surface area (Å²) < 4.78 is 21.3. The van der Waals surface area contributed by atoms with Crippen LogP contribution in [0.4, 0.5) is 0 Å². The van der Waals surface area contributed by atoms with Crippen molar-refractivity contribution in [3.05, 3.63) is 261 Å². The van der Waals surface area contributed by atoms with E-state index in [4.69, 9.17) is 5.26 Å². The van der Waals surface area contributed by atoms with Crippen molar-refractivity contribution in [3.8, 4) is 45.6 Å². The van der Waals surface area contributed by atoms with Crippen LogP contribution in [0.3, 0.4) is 0 Å². The first-order chi connectivity index (χ1) is 38.5. The minimum atomic E-state index is 0.672. The molecule has 0 spiro atoms. The summed E-state index contributed by atoms with van der Waals surface area (Å²) in [5.41, 5.74) is 25.7. The Morgan fingerprint density at radius 3 is 1.36 bits per heavy atom. The molecule has 0 aliphatic heterocycles. The van der Waals surface area contributed by atoms with Crippen LogP contribution in [0.1, 0.15) is 78.1 Å². The second-order valence-corrected chi connectivity index (χ2v) is 21.7. The molecule has 0 fully saturated rings. The van der Waals surface area contributed by atoms with Gasteiger partial charge in [0.1, 0.15) is 17.1 Å². The third-order valence-corrected chi connectivity index (χ3v) is 15.0. The molecule has 0 saturated carbocycles. The number of nitrogens with zero attached hydrogens (tertiary/aromatic N) is 11. The number of benzene rings is 6. The minimum absolute atomic E-state index is 0.672. The molecular weight excluding hydrogens is 995 g/mol. The third-order valence-electron chi connectivity index (χ3n) is 15.0. The zero-order valence-electron chi connectivity index (χ0n) is 51.2. The van der Waals surface area contributed by atoms with E-state index < -0.39 is 0 Å². The highest BCUT2D eigenvalue weighted by Crippen LogP contribution is 2.22. The molecule has 0 atom stereocenters. The van der Waals surface area contributed by atoms with Crippen LogP contribution >= 0.6 is 0 Å². The van der Waals surface area contributed by atoms with Crippen LogP contribution in [0.2, 0.25) is 0 Å². The molecule has 0 aliphatic carbocycles. The first-order valence-corrected chi connectivity index (χ1v) is 27.7. The Labute approximate surface area is 481 Å². The largest absolute Gasteiger partial charge is 0.238 e. The van der Waals surface area contributed by atoms with E-state index in [0.29, 0.717) is 5.56 Å². The molecule has 5 heterocycles. The van der Waals surface area contributed by atoms with Crippen molar-refractivity contribution in [3.63, 3.8) is 0 Å². The average molecular weight is 1080 g/mol. The predicted octanol–water partition coefficient (Wildman–Crippen LogP) is 12.1. The summed E-state index contributed by atoms with van der Waals surface area (Å²) in [5, 5.41) is 9.09. The molecule has 0 bridgehead atoms. The van der Waals surface area contributed by atoms with E-state index in [1.165, 1.54) is 95.3 Å². The van der Waals surface area contributed by atoms with Crippen LogP contribution in [-0.4, -0.2) is 23.4 Å². The van der Waals surface area contributed by atoms with E-state index in [9.17, 15) is 0 Å². The highest BCUT2D eigenvalue weighted by atomic mass is 15.4. The highest BCUT2D eigenvalue weighted by Gasteiger charge is 2.20. The van der Waals surface area contributed by atoms with Crippen molar-refractivity contribution in [1.29, 1.82) is 5.26 Å². The molecule has 11 aromatic rings. The van der Waals surface area contributed by atoms with Gasteiger partial charge in [0.05, 0.1) is 61.3 Å². The Hall–Kier alpha value is -9.14. The van der Waals surface area contributed by atoms with E-state index >= 15 is 0 Å². The minimum Gasteiger partial charge on any atom is -0.192 e. The van der Waals surface area contributed by atoms with E-state index in [1.807, 2.05) is 67.4 Å². The molecule has 5 aromatic heterocycles. The zero-order valence-corrected chi connectivity index (χ0v) is 51.2. The standard InChI is InChI=1S/C18H16N3.C14H19N2.2C13H17N2.C12H15N2/c1-14-8-9-15(11-19)10-18(14)21-13-17(12-20(21)2)16-6-4-3-5-7-16;1-10-6-7-11(2)14(8-10)16-9-12(3)13(4)15(16)5;1-10-5-6-12(3)13(7-10)15-9-11(2)8-14(15)4;1-10-5-6-11(2)13(9-10)15-8-7-12(3)14(15)4;1-10-5-6-11(2)12(9-10)14-8-4-7-13(14)3/h3-10,12-13H,1-2H3;6-9H,1-5H3;2*5-9H,1-4H3;4-9H,1-3H3/q5*+1. The second kappa shape index (κ2) is 26.2. The Balaban J connectivity index is 0.000000147. The molecule has 11 nitrogen and oxygen atoms in total. The fraction of sp³-hybridized carbons (Fsp3) is 0.257. The molecule has 0 unspecified atom stereocenters. The fourth-order valence-corrected chi connectivity index (χ4v) is 9.72. The van der Waals surface area contributed by atoms with Gasteiger partial charge in [-0.1, -0.05) is 94.3 Å². The van der Waals surface area contributed by atoms with Crippen molar-refractivity contribution in [1.82, 2.24) is 23.4 Å². The molecule has 11 heteroatoms. The molecular formula is C70H84N11+5. The van der Waals surface area contributed by atoms with Gasteiger partial charge in [0.15, 0.2) is 33.5 Å². The van der Waals surface area contributed by atoms with Crippen molar-refractivity contribution in [2.24, 2.45) is 35.2 Å². The van der Waals surface area contributed by atoms with Crippen LogP contribution in [0.15, 0.2) is 183 Å². The molecule has 0 aliphatic rings. The molecule has 0 N–H and O–H groups in total. The monoisotopic (exact) mass is 1080 g/mol. The lowest BCUT2D eigenvalue weighted by atomic mass is 10.1. The van der Waals surface area contributed by atoms with Crippen LogP contribution in [-0.2, 0) is 35.2 Å². The third kappa shape index (κ3) is 14.4. The normalized spacial score (nSPS) is 10.6. The average Bonchev–Trinajstić information content (AvgIpc) is 4.49. The Kier molecular flexibility index (Phi) is 19.3. The SMILES string of the molecule is Cc1ccc(C#N)cc1-n1cc(-c2ccccc2)c[n+]1C.Cc1ccc(C)c(-[n+]2cc(C)c(C)n2C)c1.Cc1ccc(C)c(-[n+]2ccc(C)n2C)c1.Cc1ccc(C)c(-n2cc(C)c[n+]2C)c1.Cc1ccc(C)c(-n2ccc[n+]2C)c1. The number of hydrogen-bond acceptors (Lipinski definition) is 1. The fourth-order valence-electron chi connectivity index (χ4n) is 9.72. The molecule has 6 aromatic carbocycles. The molecule has 0 amide bonds. The van der Waals surface area contributed by atoms with Gasteiger partial charge in [0.25, 0.3) is 0 Å². The lowest BCUT2D eigenvalue weighted by Gasteiger charge is -2.05. The van der Waals surface area contributed by atoms with Gasteiger partial charge in [-0.25, -0.2) is 0 Å². The Morgan fingerprint density at radius 2 is 0.877 bits per heavy atom. The van der Waals surface area contributed by atoms with Crippen LogP contribution in [0.25, 0.3) is 39.6 Å². The second-order valence-electron chi connectivity index (χ2n) is 21.7. The van der Waals surface area contributed by atoms with Crippen molar-refractivity contribution in [2.75, 3.05) is 0 Å². The Morgan fingerprint density at radius 1 is 0.383 bits per heavy atom. The summed E-state index contributed by atoms with van der Waals surface area (Å²) in [6.07, 6.45) is 16.9. The number of nitriles is 1. The lowest BCUT2D eigenvalue weighted by Crippen LogP contribution is -2.39. The summed E-state index contributed by atoms with van der Waals surface area (Å²) in [6, 6.07) is 48.5. The summed E-state index contributed by atoms with van der Waals surface area (Å²) in [6.45, 7) is 27.6. The number of aromatic nitrogens is 10. The molecule has 11 rings (SSSR count). The van der Waals surface area contributed by atoms with E-state index in [1.54, 1.807) is 0 Å². The van der Waals surface area contributed by atoms with Crippen LogP contribution in [0.5, 0.6) is 0 Å². The molecule has 0 saturated heterocycles. The number of aryl methyl sites for hydroxylation is 15. The van der Waals surface area contributed by atoms with Crippen LogP contribution < -0.4 is 23.4 Å². The van der Waals surface area contributed by atoms with E-state index in [-0.39, 0.29) is 0 Å². The van der Waals surface area contributed by atoms with Crippen molar-refractivity contribution >= 4 is 0 Å². The van der Waals surface area contributed by atoms with Crippen molar-refractivity contribution < 1.29 is 23.4 Å². The number of rotatable bonds is 6. The lowest BCUT2D eigenvalue weighted by molar-refractivity contribution is -0.744. The van der Waals surface area contributed by atoms with Gasteiger partial charge in [0.2, 0.25) is 30.0 Å². The summed E-state index contributed by atoms with van der Waals surface area (Å²) in [4.78, 5) is 0. The van der Waals surface area contributed by atoms with Gasteiger partial charge in [-0.05, 0) is 159 Å². The maximum Gasteiger partial charge on any atom is 0.238 e. The van der Waals surface area contributed by atoms with Gasteiger partial charge >= 0.3 is 0 Å². The summed E-state index contributed by atoms with van der Waals surface area (Å²) in [7, 11) is 10.3.